The molecule has 5 aromatic rings. The molecule has 0 aliphatic heterocycles. The molecule has 5 heteroatoms. The van der Waals surface area contributed by atoms with Crippen molar-refractivity contribution >= 4 is 43.1 Å². The summed E-state index contributed by atoms with van der Waals surface area (Å²) in [6.45, 7) is 2.46. The summed E-state index contributed by atoms with van der Waals surface area (Å²) in [6.07, 6.45) is 9.90. The van der Waals surface area contributed by atoms with Crippen molar-refractivity contribution in [2.45, 2.75) is 18.6 Å². The fraction of sp³-hybridized carbons (Fsp3) is 0.105. The Kier molecular flexibility index (Phi) is 9.01. The predicted molar refractivity (Wildman–Crippen MR) is 187 cm³/mol. The lowest BCUT2D eigenvalue weighted by Crippen LogP contribution is -2.52. The van der Waals surface area contributed by atoms with Gasteiger partial charge in [-0.1, -0.05) is 116 Å². The Bertz CT molecular complexity index is 1620. The molecule has 2 N–H and O–H groups in total. The molecule has 0 saturated heterocycles. The van der Waals surface area contributed by atoms with E-state index in [9.17, 15) is 0 Å². The van der Waals surface area contributed by atoms with E-state index >= 15 is 0 Å². The van der Waals surface area contributed by atoms with Crippen LogP contribution in [0.4, 0.5) is 34.1 Å². The fourth-order valence-corrected chi connectivity index (χ4v) is 8.39. The first-order valence-corrected chi connectivity index (χ1v) is 17.5. The minimum absolute atomic E-state index is 0.131. The standard InChI is InChI=1S/C38H38N4Si/c1-43(42(34-24-12-5-13-25-34)38-29-17-15-27-36(38)40-32-20-8-3-9-21-32)30-41(33-22-10-4-11-23-33)37-28-16-14-26-35(37)39-31-18-6-2-7-19-31/h2-29,35,37,39-40,43H,30H2,1H3. The van der Waals surface area contributed by atoms with Gasteiger partial charge in [-0.3, -0.25) is 0 Å². The topological polar surface area (TPSA) is 30.5 Å². The van der Waals surface area contributed by atoms with E-state index in [-0.39, 0.29) is 12.1 Å². The van der Waals surface area contributed by atoms with Crippen LogP contribution in [-0.2, 0) is 0 Å². The summed E-state index contributed by atoms with van der Waals surface area (Å²) in [5.41, 5.74) is 6.96. The van der Waals surface area contributed by atoms with Crippen molar-refractivity contribution in [3.8, 4) is 0 Å². The third kappa shape index (κ3) is 6.91. The molecule has 43 heavy (non-hydrogen) atoms. The molecule has 6 rings (SSSR count). The average Bonchev–Trinajstić information content (AvgIpc) is 3.07. The van der Waals surface area contributed by atoms with Gasteiger partial charge in [0.1, 0.15) is 0 Å². The van der Waals surface area contributed by atoms with Crippen molar-refractivity contribution in [1.29, 1.82) is 0 Å². The third-order valence-corrected chi connectivity index (χ3v) is 10.2. The summed E-state index contributed by atoms with van der Waals surface area (Å²) in [5.74, 6) is 0. The predicted octanol–water partition coefficient (Wildman–Crippen LogP) is 8.94. The van der Waals surface area contributed by atoms with E-state index in [1.165, 1.54) is 17.1 Å². The van der Waals surface area contributed by atoms with Crippen molar-refractivity contribution in [3.63, 3.8) is 0 Å². The van der Waals surface area contributed by atoms with Crippen LogP contribution in [0.5, 0.6) is 0 Å². The van der Waals surface area contributed by atoms with Crippen LogP contribution in [0.1, 0.15) is 0 Å². The molecule has 4 nitrogen and oxygen atoms in total. The molecule has 214 valence electrons. The number of para-hydroxylation sites is 6. The maximum atomic E-state index is 3.80. The van der Waals surface area contributed by atoms with Crippen LogP contribution < -0.4 is 20.1 Å². The maximum absolute atomic E-state index is 3.80. The number of hydrogen-bond acceptors (Lipinski definition) is 4. The Labute approximate surface area is 257 Å². The largest absolute Gasteiger partial charge is 0.376 e. The lowest BCUT2D eigenvalue weighted by Gasteiger charge is -2.42. The molecule has 0 bridgehead atoms. The highest BCUT2D eigenvalue weighted by atomic mass is 28.3. The second kappa shape index (κ2) is 13.8. The Morgan fingerprint density at radius 1 is 0.581 bits per heavy atom. The van der Waals surface area contributed by atoms with Gasteiger partial charge in [-0.25, -0.2) is 0 Å². The average molecular weight is 579 g/mol. The second-order valence-corrected chi connectivity index (χ2v) is 13.4. The van der Waals surface area contributed by atoms with Crippen molar-refractivity contribution in [2.75, 3.05) is 26.3 Å². The van der Waals surface area contributed by atoms with E-state index < -0.39 is 8.96 Å². The number of hydrogen-bond donors (Lipinski definition) is 2. The quantitative estimate of drug-likeness (QED) is 0.153. The zero-order valence-electron chi connectivity index (χ0n) is 24.5. The summed E-state index contributed by atoms with van der Waals surface area (Å²) in [5, 5.41) is 7.49. The molecule has 5 aromatic carbocycles. The summed E-state index contributed by atoms with van der Waals surface area (Å²) in [6, 6.07) is 51.6. The molecule has 0 spiro atoms. The normalized spacial score (nSPS) is 16.3. The SMILES string of the molecule is C[SiH](CN(c1ccccc1)C1C=CC=CC1Nc1ccccc1)N(c1ccccc1)c1ccccc1Nc1ccccc1. The van der Waals surface area contributed by atoms with Crippen LogP contribution >= 0.6 is 0 Å². The minimum Gasteiger partial charge on any atom is -0.376 e. The second-order valence-electron chi connectivity index (χ2n) is 10.8. The van der Waals surface area contributed by atoms with Crippen LogP contribution in [-0.4, -0.2) is 27.2 Å². The van der Waals surface area contributed by atoms with E-state index in [2.05, 4.69) is 197 Å². The summed E-state index contributed by atoms with van der Waals surface area (Å²) >= 11 is 0. The number of allylic oxidation sites excluding steroid dienone is 2. The molecule has 0 aromatic heterocycles. The summed E-state index contributed by atoms with van der Waals surface area (Å²) in [4.78, 5) is 2.60. The van der Waals surface area contributed by atoms with E-state index in [0.717, 1.165) is 23.2 Å². The van der Waals surface area contributed by atoms with Crippen LogP contribution in [0.2, 0.25) is 6.55 Å². The number of anilines is 6. The van der Waals surface area contributed by atoms with Crippen molar-refractivity contribution < 1.29 is 0 Å². The molecular weight excluding hydrogens is 541 g/mol. The Balaban J connectivity index is 1.36. The molecule has 0 radical (unpaired) electrons. The highest BCUT2D eigenvalue weighted by Gasteiger charge is 2.30. The minimum atomic E-state index is -1.68. The lowest BCUT2D eigenvalue weighted by atomic mass is 10.0. The van der Waals surface area contributed by atoms with Gasteiger partial charge in [0.25, 0.3) is 0 Å². The zero-order chi connectivity index (χ0) is 29.3. The molecule has 1 aliphatic carbocycles. The van der Waals surface area contributed by atoms with Crippen molar-refractivity contribution in [3.05, 3.63) is 170 Å². The molecule has 3 atom stereocenters. The molecule has 0 amide bonds. The first-order chi connectivity index (χ1) is 21.3. The first kappa shape index (κ1) is 28.1. The zero-order valence-corrected chi connectivity index (χ0v) is 25.7. The summed E-state index contributed by atoms with van der Waals surface area (Å²) < 4.78 is 2.60. The Hall–Kier alpha value is -5.00. The van der Waals surface area contributed by atoms with Gasteiger partial charge in [0, 0.05) is 28.9 Å². The first-order valence-electron chi connectivity index (χ1n) is 15.0. The number of nitrogens with one attached hydrogen (secondary N) is 2. The van der Waals surface area contributed by atoms with E-state index in [0.29, 0.717) is 0 Å². The van der Waals surface area contributed by atoms with Crippen molar-refractivity contribution in [2.24, 2.45) is 0 Å². The number of nitrogens with zero attached hydrogens (tertiary/aromatic N) is 2. The van der Waals surface area contributed by atoms with Crippen LogP contribution in [0.15, 0.2) is 170 Å². The van der Waals surface area contributed by atoms with Gasteiger partial charge >= 0.3 is 0 Å². The van der Waals surface area contributed by atoms with E-state index in [4.69, 9.17) is 0 Å². The number of rotatable bonds is 11. The highest BCUT2D eigenvalue weighted by Crippen LogP contribution is 2.36. The molecule has 0 fully saturated rings. The van der Waals surface area contributed by atoms with Gasteiger partial charge in [0.15, 0.2) is 8.96 Å². The smallest absolute Gasteiger partial charge is 0.162 e. The van der Waals surface area contributed by atoms with Crippen molar-refractivity contribution in [1.82, 2.24) is 0 Å². The van der Waals surface area contributed by atoms with Gasteiger partial charge in [0.2, 0.25) is 0 Å². The van der Waals surface area contributed by atoms with Gasteiger partial charge in [-0.05, 0) is 60.7 Å². The molecule has 3 unspecified atom stereocenters. The van der Waals surface area contributed by atoms with E-state index in [1.54, 1.807) is 0 Å². The lowest BCUT2D eigenvalue weighted by molar-refractivity contribution is 0.676. The Morgan fingerprint density at radius 2 is 1.12 bits per heavy atom. The van der Waals surface area contributed by atoms with Gasteiger partial charge in [0.05, 0.1) is 23.5 Å². The summed E-state index contributed by atoms with van der Waals surface area (Å²) in [7, 11) is -1.68. The molecule has 1 aliphatic rings. The van der Waals surface area contributed by atoms with E-state index in [1.807, 2.05) is 0 Å². The molecule has 0 heterocycles. The molecule has 0 saturated carbocycles. The van der Waals surface area contributed by atoms with Gasteiger partial charge in [-0.2, -0.15) is 0 Å². The van der Waals surface area contributed by atoms with Gasteiger partial charge in [-0.15, -0.1) is 0 Å². The van der Waals surface area contributed by atoms with Crippen LogP contribution in [0.25, 0.3) is 0 Å². The Morgan fingerprint density at radius 3 is 1.79 bits per heavy atom. The number of benzene rings is 5. The van der Waals surface area contributed by atoms with Crippen LogP contribution in [0.3, 0.4) is 0 Å². The maximum Gasteiger partial charge on any atom is 0.162 e. The van der Waals surface area contributed by atoms with Crippen LogP contribution in [0, 0.1) is 0 Å². The highest BCUT2D eigenvalue weighted by molar-refractivity contribution is 6.64. The monoisotopic (exact) mass is 578 g/mol. The van der Waals surface area contributed by atoms with Gasteiger partial charge < -0.3 is 20.1 Å². The third-order valence-electron chi connectivity index (χ3n) is 7.81. The fourth-order valence-electron chi connectivity index (χ4n) is 5.82. The molecular formula is C38H38N4Si.